The number of hydrogen-bond donors (Lipinski definition) is 2. The normalized spacial score (nSPS) is 22.9. The maximum atomic E-state index is 12.3. The minimum Gasteiger partial charge on any atom is -0.434 e. The number of benzene rings is 1. The maximum absolute atomic E-state index is 12.3. The Kier molecular flexibility index (Phi) is 5.10. The lowest BCUT2D eigenvalue weighted by Gasteiger charge is -2.20. The number of hydrogen-bond acceptors (Lipinski definition) is 3. The molecule has 1 aromatic rings. The van der Waals surface area contributed by atoms with Gasteiger partial charge in [0.2, 0.25) is 0 Å². The smallest absolute Gasteiger partial charge is 0.387 e. The Hall–Kier alpha value is -1.20. The molecule has 2 atom stereocenters. The average molecular weight is 271 g/mol. The highest BCUT2D eigenvalue weighted by Gasteiger charge is 2.26. The molecule has 2 N–H and O–H groups in total. The molecule has 0 aromatic heterocycles. The molecule has 19 heavy (non-hydrogen) atoms. The summed E-state index contributed by atoms with van der Waals surface area (Å²) >= 11 is 0. The summed E-state index contributed by atoms with van der Waals surface area (Å²) in [6, 6.07) is 7.04. The number of aliphatic hydroxyl groups excluding tert-OH is 1. The highest BCUT2D eigenvalue weighted by atomic mass is 19.3. The molecular formula is C14H19F2NO2. The second-order valence-electron chi connectivity index (χ2n) is 4.85. The third-order valence-corrected chi connectivity index (χ3v) is 3.64. The molecule has 0 aliphatic heterocycles. The van der Waals surface area contributed by atoms with Gasteiger partial charge in [-0.3, -0.25) is 0 Å². The first-order chi connectivity index (χ1) is 9.20. The zero-order valence-electron chi connectivity index (χ0n) is 10.7. The van der Waals surface area contributed by atoms with Gasteiger partial charge in [-0.15, -0.1) is 0 Å². The van der Waals surface area contributed by atoms with E-state index in [1.54, 1.807) is 24.3 Å². The van der Waals surface area contributed by atoms with E-state index in [-0.39, 0.29) is 24.3 Å². The van der Waals surface area contributed by atoms with Gasteiger partial charge in [0.15, 0.2) is 0 Å². The summed E-state index contributed by atoms with van der Waals surface area (Å²) in [4.78, 5) is 0. The third kappa shape index (κ3) is 3.88. The predicted octanol–water partition coefficient (Wildman–Crippen LogP) is 2.54. The van der Waals surface area contributed by atoms with E-state index < -0.39 is 6.61 Å². The van der Waals surface area contributed by atoms with Crippen LogP contribution in [0.3, 0.4) is 0 Å². The molecule has 1 aliphatic carbocycles. The molecule has 0 saturated heterocycles. The highest BCUT2D eigenvalue weighted by Crippen LogP contribution is 2.26. The van der Waals surface area contributed by atoms with Gasteiger partial charge in [0.25, 0.3) is 0 Å². The fraction of sp³-hybridized carbons (Fsp3) is 0.571. The van der Waals surface area contributed by atoms with Crippen LogP contribution in [0.2, 0.25) is 0 Å². The van der Waals surface area contributed by atoms with Gasteiger partial charge in [-0.25, -0.2) is 0 Å². The topological polar surface area (TPSA) is 41.5 Å². The molecule has 106 valence electrons. The van der Waals surface area contributed by atoms with Crippen LogP contribution in [0, 0.1) is 5.92 Å². The van der Waals surface area contributed by atoms with E-state index in [9.17, 15) is 13.9 Å². The number of ether oxygens (including phenoxy) is 1. The number of para-hydroxylation sites is 1. The van der Waals surface area contributed by atoms with Crippen molar-refractivity contribution in [3.05, 3.63) is 29.8 Å². The Morgan fingerprint density at radius 2 is 2.11 bits per heavy atom. The van der Waals surface area contributed by atoms with Gasteiger partial charge in [-0.1, -0.05) is 24.6 Å². The van der Waals surface area contributed by atoms with Crippen molar-refractivity contribution < 1.29 is 18.6 Å². The third-order valence-electron chi connectivity index (χ3n) is 3.64. The second-order valence-corrected chi connectivity index (χ2v) is 4.85. The molecule has 1 aliphatic rings. The first kappa shape index (κ1) is 14.2. The number of rotatable bonds is 6. The van der Waals surface area contributed by atoms with Crippen molar-refractivity contribution in [2.45, 2.75) is 38.5 Å². The molecule has 5 heteroatoms. The Balaban J connectivity index is 1.95. The van der Waals surface area contributed by atoms with Crippen molar-refractivity contribution in [1.82, 2.24) is 5.32 Å². The quantitative estimate of drug-likeness (QED) is 0.835. The van der Waals surface area contributed by atoms with Crippen molar-refractivity contribution in [1.29, 1.82) is 0 Å². The zero-order chi connectivity index (χ0) is 13.7. The molecule has 0 spiro atoms. The summed E-state index contributed by atoms with van der Waals surface area (Å²) in [5.41, 5.74) is 0.714. The summed E-state index contributed by atoms with van der Waals surface area (Å²) < 4.78 is 29.1. The molecule has 0 bridgehead atoms. The van der Waals surface area contributed by atoms with E-state index >= 15 is 0 Å². The van der Waals surface area contributed by atoms with Crippen molar-refractivity contribution in [3.63, 3.8) is 0 Å². The van der Waals surface area contributed by atoms with Crippen LogP contribution in [-0.4, -0.2) is 24.4 Å². The summed E-state index contributed by atoms with van der Waals surface area (Å²) in [5, 5.41) is 12.6. The Labute approximate surface area is 111 Å². The van der Waals surface area contributed by atoms with Crippen LogP contribution in [0.1, 0.15) is 24.8 Å². The molecule has 1 saturated carbocycles. The first-order valence-electron chi connectivity index (χ1n) is 6.57. The van der Waals surface area contributed by atoms with Crippen molar-refractivity contribution >= 4 is 0 Å². The number of alkyl halides is 2. The number of halogens is 2. The molecule has 3 nitrogen and oxygen atoms in total. The predicted molar refractivity (Wildman–Crippen MR) is 68.1 cm³/mol. The van der Waals surface area contributed by atoms with Gasteiger partial charge < -0.3 is 15.2 Å². The molecular weight excluding hydrogens is 252 g/mol. The van der Waals surface area contributed by atoms with Gasteiger partial charge in [-0.2, -0.15) is 8.78 Å². The highest BCUT2D eigenvalue weighted by molar-refractivity contribution is 5.33. The van der Waals surface area contributed by atoms with Gasteiger partial charge in [0.05, 0.1) is 0 Å². The van der Waals surface area contributed by atoms with E-state index in [1.165, 1.54) is 0 Å². The van der Waals surface area contributed by atoms with E-state index in [1.807, 2.05) is 0 Å². The van der Waals surface area contributed by atoms with Crippen LogP contribution < -0.4 is 10.1 Å². The Morgan fingerprint density at radius 1 is 1.32 bits per heavy atom. The number of nitrogens with one attached hydrogen (secondary N) is 1. The van der Waals surface area contributed by atoms with Gasteiger partial charge in [0, 0.05) is 24.8 Å². The summed E-state index contributed by atoms with van der Waals surface area (Å²) in [5.74, 6) is 0.478. The largest absolute Gasteiger partial charge is 0.434 e. The van der Waals surface area contributed by atoms with Crippen LogP contribution in [0.5, 0.6) is 5.75 Å². The van der Waals surface area contributed by atoms with E-state index in [2.05, 4.69) is 10.1 Å². The van der Waals surface area contributed by atoms with Crippen LogP contribution in [0.25, 0.3) is 0 Å². The van der Waals surface area contributed by atoms with Crippen molar-refractivity contribution in [2.75, 3.05) is 6.61 Å². The molecule has 2 rings (SSSR count). The molecule has 0 heterocycles. The molecule has 2 unspecified atom stereocenters. The SMILES string of the molecule is OCC1CCCC1NCc1ccccc1OC(F)F. The molecule has 0 amide bonds. The lowest BCUT2D eigenvalue weighted by atomic mass is 10.0. The first-order valence-corrected chi connectivity index (χ1v) is 6.57. The van der Waals surface area contributed by atoms with Gasteiger partial charge in [-0.05, 0) is 24.8 Å². The van der Waals surface area contributed by atoms with Crippen molar-refractivity contribution in [3.8, 4) is 5.75 Å². The minimum atomic E-state index is -2.81. The summed E-state index contributed by atoms with van der Waals surface area (Å²) in [6.45, 7) is -2.16. The fourth-order valence-electron chi connectivity index (χ4n) is 2.63. The molecule has 1 fully saturated rings. The van der Waals surface area contributed by atoms with Crippen LogP contribution in [0.4, 0.5) is 8.78 Å². The minimum absolute atomic E-state index is 0.173. The van der Waals surface area contributed by atoms with E-state index in [4.69, 9.17) is 0 Å². The zero-order valence-corrected chi connectivity index (χ0v) is 10.7. The van der Waals surface area contributed by atoms with Crippen LogP contribution in [-0.2, 0) is 6.54 Å². The summed E-state index contributed by atoms with van der Waals surface area (Å²) in [7, 11) is 0. The number of aliphatic hydroxyl groups is 1. The molecule has 1 aromatic carbocycles. The lowest BCUT2D eigenvalue weighted by Crippen LogP contribution is -2.33. The van der Waals surface area contributed by atoms with Gasteiger partial charge >= 0.3 is 6.61 Å². The standard InChI is InChI=1S/C14H19F2NO2/c15-14(16)19-13-7-2-1-4-10(13)8-17-12-6-3-5-11(12)9-18/h1-2,4,7,11-12,14,17-18H,3,5-6,8-9H2. The van der Waals surface area contributed by atoms with E-state index in [0.29, 0.717) is 12.1 Å². The Bertz CT molecular complexity index is 401. The van der Waals surface area contributed by atoms with Crippen LogP contribution >= 0.6 is 0 Å². The molecule has 0 radical (unpaired) electrons. The Morgan fingerprint density at radius 3 is 2.84 bits per heavy atom. The van der Waals surface area contributed by atoms with Gasteiger partial charge in [0.1, 0.15) is 5.75 Å². The second kappa shape index (κ2) is 6.82. The van der Waals surface area contributed by atoms with Crippen LogP contribution in [0.15, 0.2) is 24.3 Å². The maximum Gasteiger partial charge on any atom is 0.387 e. The summed E-state index contributed by atoms with van der Waals surface area (Å²) in [6.07, 6.45) is 3.13. The fourth-order valence-corrected chi connectivity index (χ4v) is 2.63. The lowest BCUT2D eigenvalue weighted by molar-refractivity contribution is -0.0505. The average Bonchev–Trinajstić information content (AvgIpc) is 2.84. The van der Waals surface area contributed by atoms with Crippen molar-refractivity contribution in [2.24, 2.45) is 5.92 Å². The monoisotopic (exact) mass is 271 g/mol. The van der Waals surface area contributed by atoms with E-state index in [0.717, 1.165) is 19.3 Å².